The van der Waals surface area contributed by atoms with Gasteiger partial charge in [-0.05, 0) is 31.9 Å². The van der Waals surface area contributed by atoms with Gasteiger partial charge in [0.1, 0.15) is 0 Å². The van der Waals surface area contributed by atoms with E-state index in [4.69, 9.17) is 4.42 Å². The average Bonchev–Trinajstić information content (AvgIpc) is 3.12. The summed E-state index contributed by atoms with van der Waals surface area (Å²) < 4.78 is 5.18. The smallest absolute Gasteiger partial charge is 0.287 e. The number of carbonyl (C=O) groups is 1. The molecule has 0 saturated heterocycles. The Morgan fingerprint density at radius 1 is 1.11 bits per heavy atom. The molecular formula is C21H31IN4O2. The van der Waals surface area contributed by atoms with Gasteiger partial charge in [-0.1, -0.05) is 37.3 Å². The summed E-state index contributed by atoms with van der Waals surface area (Å²) >= 11 is 0. The summed E-state index contributed by atoms with van der Waals surface area (Å²) in [5.74, 6) is 1.33. The van der Waals surface area contributed by atoms with Crippen molar-refractivity contribution in [3.63, 3.8) is 0 Å². The number of benzene rings is 1. The molecule has 0 aliphatic carbocycles. The number of aliphatic imine (C=N–C) groups is 1. The van der Waals surface area contributed by atoms with Crippen molar-refractivity contribution in [2.24, 2.45) is 4.99 Å². The highest BCUT2D eigenvalue weighted by atomic mass is 127. The van der Waals surface area contributed by atoms with Crippen LogP contribution in [0.1, 0.15) is 47.9 Å². The van der Waals surface area contributed by atoms with E-state index >= 15 is 0 Å². The Labute approximate surface area is 184 Å². The van der Waals surface area contributed by atoms with E-state index in [0.717, 1.165) is 17.9 Å². The van der Waals surface area contributed by atoms with Crippen LogP contribution in [0.4, 0.5) is 0 Å². The molecule has 0 spiro atoms. The van der Waals surface area contributed by atoms with Crippen molar-refractivity contribution in [2.75, 3.05) is 20.1 Å². The molecule has 0 radical (unpaired) electrons. The minimum absolute atomic E-state index is 0. The molecule has 0 aliphatic rings. The molecule has 154 valence electrons. The Hall–Kier alpha value is -2.03. The van der Waals surface area contributed by atoms with Crippen molar-refractivity contribution < 1.29 is 9.21 Å². The van der Waals surface area contributed by atoms with Crippen molar-refractivity contribution in [3.05, 3.63) is 59.5 Å². The van der Waals surface area contributed by atoms with Crippen LogP contribution in [-0.2, 0) is 0 Å². The van der Waals surface area contributed by atoms with E-state index in [1.807, 2.05) is 13.0 Å². The summed E-state index contributed by atoms with van der Waals surface area (Å²) in [4.78, 5) is 16.3. The van der Waals surface area contributed by atoms with E-state index in [1.54, 1.807) is 13.1 Å². The lowest BCUT2D eigenvalue weighted by Gasteiger charge is -2.24. The zero-order chi connectivity index (χ0) is 19.6. The summed E-state index contributed by atoms with van der Waals surface area (Å²) in [6, 6.07) is 12.4. The molecule has 6 nitrogen and oxygen atoms in total. The molecule has 1 aromatic heterocycles. The molecule has 28 heavy (non-hydrogen) atoms. The normalized spacial score (nSPS) is 13.2. The molecule has 1 heterocycles. The Kier molecular flexibility index (Phi) is 10.7. The Morgan fingerprint density at radius 2 is 1.79 bits per heavy atom. The lowest BCUT2D eigenvalue weighted by Crippen LogP contribution is -2.44. The number of halogens is 1. The SMILES string of the molecule is CN=C(NCCCNC(=O)c1occc1C)NC(C)C(C)c1ccccc1.I. The number of rotatable bonds is 8. The van der Waals surface area contributed by atoms with E-state index in [9.17, 15) is 4.79 Å². The summed E-state index contributed by atoms with van der Waals surface area (Å²) in [5.41, 5.74) is 2.14. The van der Waals surface area contributed by atoms with Gasteiger partial charge < -0.3 is 20.4 Å². The first kappa shape index (κ1) is 24.0. The van der Waals surface area contributed by atoms with Crippen LogP contribution in [0.5, 0.6) is 0 Å². The first-order chi connectivity index (χ1) is 13.0. The van der Waals surface area contributed by atoms with Crippen molar-refractivity contribution in [2.45, 2.75) is 39.2 Å². The van der Waals surface area contributed by atoms with Gasteiger partial charge in [-0.25, -0.2) is 0 Å². The second-order valence-corrected chi connectivity index (χ2v) is 6.67. The van der Waals surface area contributed by atoms with Crippen LogP contribution in [0.2, 0.25) is 0 Å². The highest BCUT2D eigenvalue weighted by molar-refractivity contribution is 14.0. The van der Waals surface area contributed by atoms with Crippen LogP contribution in [0.25, 0.3) is 0 Å². The molecule has 2 aromatic rings. The molecule has 2 unspecified atom stereocenters. The number of guanidine groups is 1. The summed E-state index contributed by atoms with van der Waals surface area (Å²) in [5, 5.41) is 9.59. The largest absolute Gasteiger partial charge is 0.459 e. The Morgan fingerprint density at radius 3 is 2.39 bits per heavy atom. The molecule has 1 aromatic carbocycles. The second-order valence-electron chi connectivity index (χ2n) is 6.67. The van der Waals surface area contributed by atoms with E-state index in [0.29, 0.717) is 24.8 Å². The van der Waals surface area contributed by atoms with E-state index in [1.165, 1.54) is 11.8 Å². The van der Waals surface area contributed by atoms with Gasteiger partial charge in [-0.2, -0.15) is 0 Å². The molecule has 1 amide bonds. The highest BCUT2D eigenvalue weighted by Crippen LogP contribution is 2.18. The zero-order valence-corrected chi connectivity index (χ0v) is 19.3. The lowest BCUT2D eigenvalue weighted by molar-refractivity contribution is 0.0925. The topological polar surface area (TPSA) is 78.7 Å². The predicted molar refractivity (Wildman–Crippen MR) is 125 cm³/mol. The maximum atomic E-state index is 12.0. The van der Waals surface area contributed by atoms with E-state index in [2.05, 4.69) is 59.1 Å². The van der Waals surface area contributed by atoms with Gasteiger partial charge in [0.25, 0.3) is 5.91 Å². The number of hydrogen-bond acceptors (Lipinski definition) is 3. The van der Waals surface area contributed by atoms with E-state index < -0.39 is 0 Å². The van der Waals surface area contributed by atoms with Crippen molar-refractivity contribution >= 4 is 35.8 Å². The van der Waals surface area contributed by atoms with Gasteiger partial charge in [-0.3, -0.25) is 9.79 Å². The minimum atomic E-state index is -0.176. The zero-order valence-electron chi connectivity index (χ0n) is 17.0. The van der Waals surface area contributed by atoms with Gasteiger partial charge in [0.15, 0.2) is 11.7 Å². The number of amides is 1. The summed E-state index contributed by atoms with van der Waals surface area (Å²) in [6.07, 6.45) is 2.31. The highest BCUT2D eigenvalue weighted by Gasteiger charge is 2.15. The van der Waals surface area contributed by atoms with Crippen LogP contribution < -0.4 is 16.0 Å². The first-order valence-electron chi connectivity index (χ1n) is 9.37. The molecule has 0 aliphatic heterocycles. The van der Waals surface area contributed by atoms with Crippen molar-refractivity contribution in [3.8, 4) is 0 Å². The number of hydrogen-bond donors (Lipinski definition) is 3. The molecule has 2 atom stereocenters. The fourth-order valence-corrected chi connectivity index (χ4v) is 2.76. The molecular weight excluding hydrogens is 467 g/mol. The van der Waals surface area contributed by atoms with Crippen LogP contribution >= 0.6 is 24.0 Å². The van der Waals surface area contributed by atoms with Crippen LogP contribution in [0.15, 0.2) is 52.1 Å². The van der Waals surface area contributed by atoms with Crippen LogP contribution in [-0.4, -0.2) is 38.0 Å². The Balaban J connectivity index is 0.00000392. The number of furan rings is 1. The van der Waals surface area contributed by atoms with Crippen molar-refractivity contribution in [1.29, 1.82) is 0 Å². The predicted octanol–water partition coefficient (Wildman–Crippen LogP) is 3.68. The molecule has 0 bridgehead atoms. The quantitative estimate of drug-likeness (QED) is 0.225. The van der Waals surface area contributed by atoms with Crippen LogP contribution in [0, 0.1) is 6.92 Å². The minimum Gasteiger partial charge on any atom is -0.459 e. The van der Waals surface area contributed by atoms with Crippen LogP contribution in [0.3, 0.4) is 0 Å². The monoisotopic (exact) mass is 498 g/mol. The number of nitrogens with one attached hydrogen (secondary N) is 3. The van der Waals surface area contributed by atoms with Gasteiger partial charge in [-0.15, -0.1) is 24.0 Å². The number of carbonyl (C=O) groups excluding carboxylic acids is 1. The maximum Gasteiger partial charge on any atom is 0.287 e. The summed E-state index contributed by atoms with van der Waals surface area (Å²) in [7, 11) is 1.76. The molecule has 2 rings (SSSR count). The molecule has 0 saturated carbocycles. The fraction of sp³-hybridized carbons (Fsp3) is 0.429. The third-order valence-corrected chi connectivity index (χ3v) is 4.66. The van der Waals surface area contributed by atoms with Crippen molar-refractivity contribution in [1.82, 2.24) is 16.0 Å². The van der Waals surface area contributed by atoms with Gasteiger partial charge >= 0.3 is 0 Å². The number of nitrogens with zero attached hydrogens (tertiary/aromatic N) is 1. The first-order valence-corrected chi connectivity index (χ1v) is 9.37. The molecule has 3 N–H and O–H groups in total. The fourth-order valence-electron chi connectivity index (χ4n) is 2.76. The van der Waals surface area contributed by atoms with Gasteiger partial charge in [0, 0.05) is 37.7 Å². The third kappa shape index (κ3) is 7.18. The molecule has 7 heteroatoms. The lowest BCUT2D eigenvalue weighted by atomic mass is 9.94. The third-order valence-electron chi connectivity index (χ3n) is 4.66. The number of aryl methyl sites for hydroxylation is 1. The van der Waals surface area contributed by atoms with Gasteiger partial charge in [0.2, 0.25) is 0 Å². The second kappa shape index (κ2) is 12.4. The summed E-state index contributed by atoms with van der Waals surface area (Å²) in [6.45, 7) is 7.48. The molecule has 0 fully saturated rings. The van der Waals surface area contributed by atoms with E-state index in [-0.39, 0.29) is 35.9 Å². The average molecular weight is 498 g/mol. The Bertz CT molecular complexity index is 746. The van der Waals surface area contributed by atoms with Gasteiger partial charge in [0.05, 0.1) is 6.26 Å². The standard InChI is InChI=1S/C21H30N4O2.HI/c1-15-11-14-27-19(15)20(26)23-12-8-13-24-21(22-4)25-17(3)16(2)18-9-6-5-7-10-18;/h5-7,9-11,14,16-17H,8,12-13H2,1-4H3,(H,23,26)(H2,22,24,25);1H. The maximum absolute atomic E-state index is 12.0.